The van der Waals surface area contributed by atoms with E-state index in [-0.39, 0.29) is 6.10 Å². The number of aryl methyl sites for hydroxylation is 2. The molecule has 1 N–H and O–H groups in total. The van der Waals surface area contributed by atoms with Gasteiger partial charge in [0.05, 0.1) is 6.10 Å². The molecule has 0 bridgehead atoms. The van der Waals surface area contributed by atoms with Crippen LogP contribution < -0.4 is 0 Å². The van der Waals surface area contributed by atoms with E-state index in [4.69, 9.17) is 6.42 Å². The second-order valence-corrected chi connectivity index (χ2v) is 4.19. The van der Waals surface area contributed by atoms with E-state index < -0.39 is 0 Å². The lowest BCUT2D eigenvalue weighted by Crippen LogP contribution is -2.05. The Labute approximate surface area is 90.9 Å². The van der Waals surface area contributed by atoms with Crippen molar-refractivity contribution in [3.63, 3.8) is 0 Å². The predicted octanol–water partition coefficient (Wildman–Crippen LogP) is 2.27. The van der Waals surface area contributed by atoms with Crippen molar-refractivity contribution >= 4 is 0 Å². The zero-order chi connectivity index (χ0) is 10.7. The van der Waals surface area contributed by atoms with Crippen LogP contribution in [0.2, 0.25) is 0 Å². The standard InChI is InChI=1S/C13H17NO/c1-2-3-4-8-14-9-11-6-5-7-13(15)12(11)10-14/h1,9-10,13,15H,3-8H2. The van der Waals surface area contributed by atoms with Gasteiger partial charge in [-0.05, 0) is 31.2 Å². The van der Waals surface area contributed by atoms with Crippen molar-refractivity contribution in [1.29, 1.82) is 0 Å². The van der Waals surface area contributed by atoms with Gasteiger partial charge in [-0.25, -0.2) is 0 Å². The van der Waals surface area contributed by atoms with Gasteiger partial charge in [0, 0.05) is 30.9 Å². The molecule has 0 aliphatic heterocycles. The van der Waals surface area contributed by atoms with E-state index in [0.717, 1.165) is 44.2 Å². The third kappa shape index (κ3) is 2.24. The van der Waals surface area contributed by atoms with Crippen molar-refractivity contribution in [3.8, 4) is 12.3 Å². The van der Waals surface area contributed by atoms with Gasteiger partial charge in [-0.1, -0.05) is 0 Å². The van der Waals surface area contributed by atoms with Crippen molar-refractivity contribution in [3.05, 3.63) is 23.5 Å². The van der Waals surface area contributed by atoms with Gasteiger partial charge in [-0.15, -0.1) is 12.3 Å². The van der Waals surface area contributed by atoms with Gasteiger partial charge in [0.1, 0.15) is 0 Å². The molecule has 1 aliphatic rings. The fourth-order valence-corrected chi connectivity index (χ4v) is 2.22. The van der Waals surface area contributed by atoms with Crippen LogP contribution in [-0.2, 0) is 13.0 Å². The van der Waals surface area contributed by atoms with Crippen molar-refractivity contribution < 1.29 is 5.11 Å². The van der Waals surface area contributed by atoms with Crippen LogP contribution in [0, 0.1) is 12.3 Å². The molecule has 0 radical (unpaired) electrons. The van der Waals surface area contributed by atoms with E-state index in [1.165, 1.54) is 5.56 Å². The van der Waals surface area contributed by atoms with Crippen LogP contribution in [-0.4, -0.2) is 9.67 Å². The second kappa shape index (κ2) is 4.55. The fourth-order valence-electron chi connectivity index (χ4n) is 2.22. The summed E-state index contributed by atoms with van der Waals surface area (Å²) in [5, 5.41) is 9.80. The average Bonchev–Trinajstić information content (AvgIpc) is 2.63. The van der Waals surface area contributed by atoms with Gasteiger partial charge in [0.2, 0.25) is 0 Å². The predicted molar refractivity (Wildman–Crippen MR) is 60.4 cm³/mol. The van der Waals surface area contributed by atoms with Crippen molar-refractivity contribution in [2.24, 2.45) is 0 Å². The first-order chi connectivity index (χ1) is 7.31. The van der Waals surface area contributed by atoms with E-state index in [9.17, 15) is 5.11 Å². The smallest absolute Gasteiger partial charge is 0.0807 e. The Kier molecular flexibility index (Phi) is 3.13. The third-order valence-corrected chi connectivity index (χ3v) is 3.02. The van der Waals surface area contributed by atoms with Crippen LogP contribution in [0.15, 0.2) is 12.4 Å². The van der Waals surface area contributed by atoms with E-state index in [2.05, 4.69) is 22.9 Å². The molecule has 2 nitrogen and oxygen atoms in total. The van der Waals surface area contributed by atoms with Crippen LogP contribution in [0.5, 0.6) is 0 Å². The summed E-state index contributed by atoms with van der Waals surface area (Å²) in [5.41, 5.74) is 2.44. The highest BCUT2D eigenvalue weighted by Crippen LogP contribution is 2.30. The van der Waals surface area contributed by atoms with Crippen molar-refractivity contribution in [2.75, 3.05) is 0 Å². The molecular formula is C13H17NO. The number of unbranched alkanes of at least 4 members (excludes halogenated alkanes) is 1. The monoisotopic (exact) mass is 203 g/mol. The topological polar surface area (TPSA) is 25.2 Å². The molecule has 1 heterocycles. The van der Waals surface area contributed by atoms with Crippen LogP contribution in [0.25, 0.3) is 0 Å². The average molecular weight is 203 g/mol. The highest BCUT2D eigenvalue weighted by molar-refractivity contribution is 5.28. The lowest BCUT2D eigenvalue weighted by atomic mass is 9.93. The highest BCUT2D eigenvalue weighted by Gasteiger charge is 2.19. The van der Waals surface area contributed by atoms with Gasteiger partial charge >= 0.3 is 0 Å². The highest BCUT2D eigenvalue weighted by atomic mass is 16.3. The lowest BCUT2D eigenvalue weighted by Gasteiger charge is -2.16. The SMILES string of the molecule is C#CCCCn1cc2c(c1)C(O)CCC2. The lowest BCUT2D eigenvalue weighted by molar-refractivity contribution is 0.157. The molecule has 0 spiro atoms. The van der Waals surface area contributed by atoms with Gasteiger partial charge < -0.3 is 9.67 Å². The summed E-state index contributed by atoms with van der Waals surface area (Å²) >= 11 is 0. The molecule has 0 saturated carbocycles. The largest absolute Gasteiger partial charge is 0.388 e. The van der Waals surface area contributed by atoms with E-state index in [0.29, 0.717) is 0 Å². The molecule has 1 aliphatic carbocycles. The van der Waals surface area contributed by atoms with Gasteiger partial charge in [0.25, 0.3) is 0 Å². The maximum Gasteiger partial charge on any atom is 0.0807 e. The summed E-state index contributed by atoms with van der Waals surface area (Å²) in [7, 11) is 0. The first-order valence-electron chi connectivity index (χ1n) is 5.61. The van der Waals surface area contributed by atoms with Crippen LogP contribution in [0.4, 0.5) is 0 Å². The molecule has 0 amide bonds. The minimum atomic E-state index is -0.248. The Morgan fingerprint density at radius 3 is 3.13 bits per heavy atom. The molecule has 1 atom stereocenters. The number of terminal acetylenes is 1. The van der Waals surface area contributed by atoms with Gasteiger partial charge in [-0.3, -0.25) is 0 Å². The summed E-state index contributed by atoms with van der Waals surface area (Å²) in [6.07, 6.45) is 14.2. The molecule has 0 fully saturated rings. The third-order valence-electron chi connectivity index (χ3n) is 3.02. The van der Waals surface area contributed by atoms with Gasteiger partial charge in [0.15, 0.2) is 0 Å². The number of rotatable bonds is 3. The second-order valence-electron chi connectivity index (χ2n) is 4.19. The number of fused-ring (bicyclic) bond motifs is 1. The number of aliphatic hydroxyl groups excluding tert-OH is 1. The Morgan fingerprint density at radius 2 is 2.40 bits per heavy atom. The van der Waals surface area contributed by atoms with Crippen molar-refractivity contribution in [1.82, 2.24) is 4.57 Å². The first-order valence-corrected chi connectivity index (χ1v) is 5.61. The summed E-state index contributed by atoms with van der Waals surface area (Å²) in [5.74, 6) is 2.65. The molecule has 80 valence electrons. The summed E-state index contributed by atoms with van der Waals surface area (Å²) < 4.78 is 2.16. The Bertz CT molecular complexity index is 372. The quantitative estimate of drug-likeness (QED) is 0.591. The fraction of sp³-hybridized carbons (Fsp3) is 0.538. The van der Waals surface area contributed by atoms with Gasteiger partial charge in [-0.2, -0.15) is 0 Å². The molecule has 15 heavy (non-hydrogen) atoms. The van der Waals surface area contributed by atoms with Crippen molar-refractivity contribution in [2.45, 2.75) is 44.8 Å². The maximum atomic E-state index is 9.80. The number of aromatic nitrogens is 1. The molecule has 1 unspecified atom stereocenters. The number of hydrogen-bond donors (Lipinski definition) is 1. The molecule has 1 aromatic heterocycles. The first kappa shape index (κ1) is 10.3. The van der Waals surface area contributed by atoms with Crippen LogP contribution in [0.3, 0.4) is 0 Å². The molecule has 2 heteroatoms. The number of aliphatic hydroxyl groups is 1. The minimum absolute atomic E-state index is 0.248. The Morgan fingerprint density at radius 1 is 1.53 bits per heavy atom. The molecule has 0 saturated heterocycles. The minimum Gasteiger partial charge on any atom is -0.388 e. The number of nitrogens with zero attached hydrogens (tertiary/aromatic N) is 1. The molecule has 2 rings (SSSR count). The molecular weight excluding hydrogens is 186 g/mol. The summed E-state index contributed by atoms with van der Waals surface area (Å²) in [6, 6.07) is 0. The molecule has 0 aromatic carbocycles. The number of hydrogen-bond acceptors (Lipinski definition) is 1. The zero-order valence-corrected chi connectivity index (χ0v) is 8.95. The van der Waals surface area contributed by atoms with E-state index in [1.807, 2.05) is 0 Å². The Hall–Kier alpha value is -1.20. The normalized spacial score (nSPS) is 19.6. The maximum absolute atomic E-state index is 9.80. The Balaban J connectivity index is 2.05. The van der Waals surface area contributed by atoms with E-state index >= 15 is 0 Å². The van der Waals surface area contributed by atoms with E-state index in [1.54, 1.807) is 0 Å². The van der Waals surface area contributed by atoms with Crippen LogP contribution >= 0.6 is 0 Å². The summed E-state index contributed by atoms with van der Waals surface area (Å²) in [6.45, 7) is 0.962. The summed E-state index contributed by atoms with van der Waals surface area (Å²) in [4.78, 5) is 0. The molecule has 1 aromatic rings. The van der Waals surface area contributed by atoms with Crippen LogP contribution in [0.1, 0.15) is 42.9 Å². The zero-order valence-electron chi connectivity index (χ0n) is 8.95.